The second-order valence-corrected chi connectivity index (χ2v) is 15.3. The van der Waals surface area contributed by atoms with E-state index in [1.165, 1.54) is 23.0 Å². The second kappa shape index (κ2) is 14.5. The number of hydrogen-bond acceptors (Lipinski definition) is 11. The van der Waals surface area contributed by atoms with Crippen LogP contribution in [-0.4, -0.2) is 102 Å². The van der Waals surface area contributed by atoms with Gasteiger partial charge in [-0.05, 0) is 67.9 Å². The minimum atomic E-state index is -4.76. The first kappa shape index (κ1) is 35.7. The van der Waals surface area contributed by atoms with Crippen molar-refractivity contribution in [2.24, 2.45) is 0 Å². The predicted molar refractivity (Wildman–Crippen MR) is 196 cm³/mol. The van der Waals surface area contributed by atoms with Crippen LogP contribution in [0.2, 0.25) is 0 Å². The predicted octanol–water partition coefficient (Wildman–Crippen LogP) is 2.92. The molecule has 2 saturated heterocycles. The van der Waals surface area contributed by atoms with E-state index in [-0.39, 0.29) is 59.2 Å². The second-order valence-electron chi connectivity index (χ2n) is 14.0. The third kappa shape index (κ3) is 7.14. The van der Waals surface area contributed by atoms with Gasteiger partial charge in [-0.3, -0.25) is 29.7 Å². The number of nitrogens with zero attached hydrogens (tertiary/aromatic N) is 7. The van der Waals surface area contributed by atoms with Gasteiger partial charge in [0, 0.05) is 31.1 Å². The van der Waals surface area contributed by atoms with Gasteiger partial charge in [0.25, 0.3) is 0 Å². The number of aromatic hydroxyl groups is 1. The van der Waals surface area contributed by atoms with Crippen molar-refractivity contribution in [3.63, 3.8) is 0 Å². The number of piperidine rings is 1. The van der Waals surface area contributed by atoms with Gasteiger partial charge in [-0.2, -0.15) is 5.10 Å². The summed E-state index contributed by atoms with van der Waals surface area (Å²) in [5, 5.41) is 27.4. The molecule has 1 atom stereocenters. The lowest BCUT2D eigenvalue weighted by Gasteiger charge is -2.42. The fourth-order valence-corrected chi connectivity index (χ4v) is 8.56. The molecule has 3 amide bonds. The van der Waals surface area contributed by atoms with Crippen LogP contribution in [0, 0.1) is 0 Å². The third-order valence-corrected chi connectivity index (χ3v) is 11.2. The zero-order chi connectivity index (χ0) is 37.6. The van der Waals surface area contributed by atoms with Crippen molar-refractivity contribution < 1.29 is 38.6 Å². The molecular formula is C36H40N9O8P. The molecule has 2 aromatic carbocycles. The molecule has 0 radical (unpaired) electrons. The Balaban J connectivity index is 0.928. The Morgan fingerprint density at radius 2 is 1.74 bits per heavy atom. The maximum absolute atomic E-state index is 13.6. The van der Waals surface area contributed by atoms with E-state index in [1.54, 1.807) is 29.3 Å². The van der Waals surface area contributed by atoms with Gasteiger partial charge in [-0.15, -0.1) is 10.2 Å². The molecule has 4 aromatic rings. The minimum Gasteiger partial charge on any atom is -0.507 e. The zero-order valence-electron chi connectivity index (χ0n) is 29.2. The Bertz CT molecular complexity index is 2150. The van der Waals surface area contributed by atoms with Crippen LogP contribution in [0.3, 0.4) is 0 Å². The summed E-state index contributed by atoms with van der Waals surface area (Å²) in [6, 6.07) is 14.0. The summed E-state index contributed by atoms with van der Waals surface area (Å²) >= 11 is 0. The molecule has 17 nitrogen and oxygen atoms in total. The Hall–Kier alpha value is -5.35. The molecule has 54 heavy (non-hydrogen) atoms. The molecule has 18 heteroatoms. The average molecular weight is 758 g/mol. The number of fused-ring (bicyclic) bond motifs is 1. The smallest absolute Gasteiger partial charge is 0.428 e. The first-order chi connectivity index (χ1) is 26.0. The van der Waals surface area contributed by atoms with Crippen LogP contribution in [0.5, 0.6) is 11.5 Å². The van der Waals surface area contributed by atoms with Gasteiger partial charge in [0.2, 0.25) is 17.7 Å². The number of para-hydroxylation sites is 2. The molecular weight excluding hydrogens is 717 g/mol. The van der Waals surface area contributed by atoms with Gasteiger partial charge in [0.05, 0.1) is 42.6 Å². The number of phenols is 1. The van der Waals surface area contributed by atoms with Crippen molar-refractivity contribution >= 4 is 42.7 Å². The molecule has 1 unspecified atom stereocenters. The van der Waals surface area contributed by atoms with Crippen molar-refractivity contribution in [1.29, 1.82) is 0 Å². The van der Waals surface area contributed by atoms with E-state index in [1.807, 2.05) is 12.1 Å². The van der Waals surface area contributed by atoms with Gasteiger partial charge in [-0.1, -0.05) is 24.3 Å². The van der Waals surface area contributed by atoms with Crippen LogP contribution >= 0.6 is 7.75 Å². The van der Waals surface area contributed by atoms with E-state index in [0.717, 1.165) is 42.7 Å². The maximum atomic E-state index is 13.6. The van der Waals surface area contributed by atoms with Crippen LogP contribution in [0.4, 0.5) is 17.2 Å². The number of aromatic nitrogens is 4. The number of imide groups is 1. The first-order valence-electron chi connectivity index (χ1n) is 18.0. The van der Waals surface area contributed by atoms with Crippen molar-refractivity contribution in [2.75, 3.05) is 47.7 Å². The van der Waals surface area contributed by atoms with E-state index in [4.69, 9.17) is 4.74 Å². The van der Waals surface area contributed by atoms with Gasteiger partial charge in [0.15, 0.2) is 5.82 Å². The summed E-state index contributed by atoms with van der Waals surface area (Å²) in [5.74, 6) is 0.254. The monoisotopic (exact) mass is 757 g/mol. The largest absolute Gasteiger partial charge is 0.507 e. The number of hydrogen-bond donors (Lipinski definition) is 5. The molecule has 0 spiro atoms. The standard InChI is InChI=1S/C36H40N9O8P/c46-31-7-2-1-4-26(31)27-18-30(35(40-39-27)41-54(50,51)52)45-20-24(19-37-45)43-15-14-42(21-33(43)48)23-10-8-22(9-11-23)25-5-3-6-28-34(25)53-17-16-44(28)29-12-13-32(47)38-36(29)49/h1-7,18-20,22-23,29,46H,8-17,21H2,(H,38,47,49)(H3,40,41,50,51,52). The molecule has 3 aliphatic heterocycles. The number of benzene rings is 2. The summed E-state index contributed by atoms with van der Waals surface area (Å²) in [4.78, 5) is 63.3. The number of carbonyl (C=O) groups excluding carboxylic acids is 3. The van der Waals surface area contributed by atoms with Crippen LogP contribution in [0.1, 0.15) is 50.0 Å². The Labute approximate surface area is 310 Å². The number of ether oxygens (including phenoxy) is 1. The Kier molecular flexibility index (Phi) is 9.56. The van der Waals surface area contributed by atoms with E-state index >= 15 is 0 Å². The zero-order valence-corrected chi connectivity index (χ0v) is 30.1. The average Bonchev–Trinajstić information content (AvgIpc) is 3.64. The topological polar surface area (TPSA) is 216 Å². The van der Waals surface area contributed by atoms with Crippen LogP contribution < -0.4 is 24.9 Å². The molecule has 282 valence electrons. The lowest BCUT2D eigenvalue weighted by atomic mass is 9.80. The van der Waals surface area contributed by atoms with Crippen molar-refractivity contribution in [3.8, 4) is 28.4 Å². The molecule has 8 rings (SSSR count). The number of phenolic OH excluding ortho intramolecular Hbond substituents is 1. The summed E-state index contributed by atoms with van der Waals surface area (Å²) in [7, 11) is -4.76. The first-order valence-corrected chi connectivity index (χ1v) is 19.6. The highest BCUT2D eigenvalue weighted by Gasteiger charge is 2.38. The van der Waals surface area contributed by atoms with Crippen LogP contribution in [0.25, 0.3) is 16.9 Å². The van der Waals surface area contributed by atoms with Crippen molar-refractivity contribution in [2.45, 2.75) is 56.5 Å². The number of carbonyl (C=O) groups is 3. The highest BCUT2D eigenvalue weighted by atomic mass is 31.2. The number of rotatable bonds is 8. The molecule has 1 aliphatic carbocycles. The molecule has 4 aliphatic rings. The normalized spacial score (nSPS) is 22.4. The third-order valence-electron chi connectivity index (χ3n) is 10.7. The fourth-order valence-electron chi connectivity index (χ4n) is 8.13. The minimum absolute atomic E-state index is 0.0436. The molecule has 2 aromatic heterocycles. The van der Waals surface area contributed by atoms with Crippen LogP contribution in [0.15, 0.2) is 60.9 Å². The number of nitrogens with one attached hydrogen (secondary N) is 2. The quantitative estimate of drug-likeness (QED) is 0.129. The van der Waals surface area contributed by atoms with Gasteiger partial charge < -0.3 is 29.4 Å². The van der Waals surface area contributed by atoms with Crippen molar-refractivity contribution in [3.05, 3.63) is 66.5 Å². The number of piperazine rings is 1. The van der Waals surface area contributed by atoms with E-state index < -0.39 is 13.8 Å². The van der Waals surface area contributed by atoms with Crippen LogP contribution in [-0.2, 0) is 18.9 Å². The number of amides is 3. The number of anilines is 3. The Morgan fingerprint density at radius 3 is 2.50 bits per heavy atom. The van der Waals surface area contributed by atoms with Crippen molar-refractivity contribution in [1.82, 2.24) is 30.2 Å². The SMILES string of the molecule is O=C1CCC(N2CCOc3c(C4CCC(N5CCN(c6cnn(-c7cc(-c8ccccc8O)nnc7NP(=O)(O)O)c6)C(=O)C5)CC4)cccc32)C(=O)N1. The summed E-state index contributed by atoms with van der Waals surface area (Å²) in [5.41, 5.74) is 3.34. The van der Waals surface area contributed by atoms with E-state index in [0.29, 0.717) is 50.3 Å². The maximum Gasteiger partial charge on any atom is 0.428 e. The summed E-state index contributed by atoms with van der Waals surface area (Å²) in [6.45, 7) is 2.38. The molecule has 1 saturated carbocycles. The lowest BCUT2D eigenvalue weighted by Crippen LogP contribution is -2.54. The van der Waals surface area contributed by atoms with E-state index in [9.17, 15) is 33.8 Å². The lowest BCUT2D eigenvalue weighted by molar-refractivity contribution is -0.134. The fraction of sp³-hybridized carbons (Fsp3) is 0.389. The molecule has 5 N–H and O–H groups in total. The molecule has 0 bridgehead atoms. The molecule has 5 heterocycles. The summed E-state index contributed by atoms with van der Waals surface area (Å²) in [6.07, 6.45) is 7.61. The Morgan fingerprint density at radius 1 is 0.926 bits per heavy atom. The molecule has 3 fully saturated rings. The summed E-state index contributed by atoms with van der Waals surface area (Å²) < 4.78 is 19.4. The van der Waals surface area contributed by atoms with Gasteiger partial charge >= 0.3 is 7.75 Å². The van der Waals surface area contributed by atoms with Gasteiger partial charge in [-0.25, -0.2) is 9.25 Å². The van der Waals surface area contributed by atoms with E-state index in [2.05, 4.69) is 41.6 Å². The highest BCUT2D eigenvalue weighted by molar-refractivity contribution is 7.53. The van der Waals surface area contributed by atoms with Gasteiger partial charge in [0.1, 0.15) is 29.8 Å². The highest BCUT2D eigenvalue weighted by Crippen LogP contribution is 2.45.